The van der Waals surface area contributed by atoms with Crippen molar-refractivity contribution in [2.24, 2.45) is 5.73 Å². The molecule has 100 valence electrons. The van der Waals surface area contributed by atoms with E-state index in [0.717, 1.165) is 5.69 Å². The van der Waals surface area contributed by atoms with Gasteiger partial charge >= 0.3 is 0 Å². The molecule has 2 rings (SSSR count). The van der Waals surface area contributed by atoms with E-state index in [-0.39, 0.29) is 5.57 Å². The van der Waals surface area contributed by atoms with Crippen molar-refractivity contribution in [3.8, 4) is 11.8 Å². The second kappa shape index (κ2) is 6.50. The van der Waals surface area contributed by atoms with Crippen LogP contribution in [0.15, 0.2) is 40.7 Å². The van der Waals surface area contributed by atoms with Gasteiger partial charge in [0.25, 0.3) is 5.91 Å². The highest BCUT2D eigenvalue weighted by Crippen LogP contribution is 2.16. The van der Waals surface area contributed by atoms with Crippen molar-refractivity contribution in [3.63, 3.8) is 0 Å². The van der Waals surface area contributed by atoms with Gasteiger partial charge < -0.3 is 10.5 Å². The molecule has 0 saturated heterocycles. The number of ether oxygens (including phenoxy) is 1. The van der Waals surface area contributed by atoms with Gasteiger partial charge in [0.15, 0.2) is 0 Å². The molecule has 0 aliphatic carbocycles. The molecule has 1 heterocycles. The molecule has 0 radical (unpaired) electrons. The van der Waals surface area contributed by atoms with Crippen LogP contribution < -0.4 is 10.5 Å². The summed E-state index contributed by atoms with van der Waals surface area (Å²) in [4.78, 5) is 15.1. The van der Waals surface area contributed by atoms with E-state index >= 15 is 0 Å². The van der Waals surface area contributed by atoms with E-state index in [1.807, 2.05) is 5.38 Å². The van der Waals surface area contributed by atoms with E-state index in [1.165, 1.54) is 17.4 Å². The zero-order chi connectivity index (χ0) is 14.4. The number of carbonyl (C=O) groups excluding carboxylic acids is 1. The summed E-state index contributed by atoms with van der Waals surface area (Å²) >= 11 is 1.52. The third-order valence-corrected chi connectivity index (χ3v) is 3.08. The largest absolute Gasteiger partial charge is 0.487 e. The van der Waals surface area contributed by atoms with Gasteiger partial charge in [-0.25, -0.2) is 4.98 Å². The number of hydrogen-bond acceptors (Lipinski definition) is 5. The van der Waals surface area contributed by atoms with Crippen LogP contribution in [0.25, 0.3) is 6.08 Å². The maximum absolute atomic E-state index is 10.9. The molecule has 0 unspecified atom stereocenters. The Balaban J connectivity index is 2.03. The third-order valence-electron chi connectivity index (χ3n) is 2.45. The highest BCUT2D eigenvalue weighted by Gasteiger charge is 2.03. The van der Waals surface area contributed by atoms with Crippen LogP contribution in [0.5, 0.6) is 5.75 Å². The lowest BCUT2D eigenvalue weighted by Crippen LogP contribution is -2.12. The molecule has 1 aromatic carbocycles. The number of aromatic nitrogens is 1. The minimum Gasteiger partial charge on any atom is -0.487 e. The Morgan fingerprint density at radius 1 is 1.45 bits per heavy atom. The Bertz CT molecular complexity index is 655. The van der Waals surface area contributed by atoms with Crippen LogP contribution in [0.3, 0.4) is 0 Å². The van der Waals surface area contributed by atoms with E-state index < -0.39 is 5.91 Å². The van der Waals surface area contributed by atoms with Crippen molar-refractivity contribution in [2.45, 2.75) is 6.61 Å². The van der Waals surface area contributed by atoms with Crippen molar-refractivity contribution in [1.29, 1.82) is 5.26 Å². The van der Waals surface area contributed by atoms with Crippen molar-refractivity contribution in [2.75, 3.05) is 0 Å². The van der Waals surface area contributed by atoms with Crippen LogP contribution in [0.1, 0.15) is 11.3 Å². The van der Waals surface area contributed by atoms with Gasteiger partial charge in [0.2, 0.25) is 0 Å². The summed E-state index contributed by atoms with van der Waals surface area (Å²) in [6.07, 6.45) is 1.44. The lowest BCUT2D eigenvalue weighted by atomic mass is 10.1. The number of amides is 1. The lowest BCUT2D eigenvalue weighted by Gasteiger charge is -2.04. The van der Waals surface area contributed by atoms with Crippen molar-refractivity contribution < 1.29 is 9.53 Å². The zero-order valence-corrected chi connectivity index (χ0v) is 11.3. The van der Waals surface area contributed by atoms with Crippen molar-refractivity contribution >= 4 is 23.3 Å². The summed E-state index contributed by atoms with van der Waals surface area (Å²) in [5.41, 5.74) is 8.32. The van der Waals surface area contributed by atoms with Crippen LogP contribution in [0.2, 0.25) is 0 Å². The average Bonchev–Trinajstić information content (AvgIpc) is 2.96. The van der Waals surface area contributed by atoms with E-state index in [4.69, 9.17) is 15.7 Å². The van der Waals surface area contributed by atoms with Crippen LogP contribution in [0, 0.1) is 11.3 Å². The van der Waals surface area contributed by atoms with Gasteiger partial charge in [0, 0.05) is 5.38 Å². The van der Waals surface area contributed by atoms with Crippen LogP contribution in [0.4, 0.5) is 0 Å². The second-order valence-electron chi connectivity index (χ2n) is 3.87. The van der Waals surface area contributed by atoms with E-state index in [9.17, 15) is 4.79 Å². The highest BCUT2D eigenvalue weighted by atomic mass is 32.1. The van der Waals surface area contributed by atoms with Gasteiger partial charge in [-0.15, -0.1) is 11.3 Å². The first kappa shape index (κ1) is 13.8. The molecule has 20 heavy (non-hydrogen) atoms. The maximum atomic E-state index is 10.9. The van der Waals surface area contributed by atoms with Gasteiger partial charge in [0.1, 0.15) is 24.0 Å². The normalized spacial score (nSPS) is 10.8. The van der Waals surface area contributed by atoms with Crippen LogP contribution >= 0.6 is 11.3 Å². The smallest absolute Gasteiger partial charge is 0.259 e. The number of benzene rings is 1. The number of carbonyl (C=O) groups is 1. The number of thiazole rings is 1. The summed E-state index contributed by atoms with van der Waals surface area (Å²) in [6, 6.07) is 8.77. The molecule has 0 aliphatic rings. The SMILES string of the molecule is N#C/C(=C\c1ccc(OCc2cscn2)cc1)C(N)=O. The lowest BCUT2D eigenvalue weighted by molar-refractivity contribution is -0.114. The first-order valence-corrected chi connectivity index (χ1v) is 6.65. The zero-order valence-electron chi connectivity index (χ0n) is 10.4. The summed E-state index contributed by atoms with van der Waals surface area (Å²) < 4.78 is 5.55. The maximum Gasteiger partial charge on any atom is 0.259 e. The minimum atomic E-state index is -0.739. The van der Waals surface area contributed by atoms with E-state index in [1.54, 1.807) is 35.8 Å². The molecule has 1 aromatic heterocycles. The number of primary amides is 1. The number of nitrogens with zero attached hydrogens (tertiary/aromatic N) is 2. The molecule has 0 saturated carbocycles. The van der Waals surface area contributed by atoms with Crippen molar-refractivity contribution in [1.82, 2.24) is 4.98 Å². The van der Waals surface area contributed by atoms with Gasteiger partial charge in [0.05, 0.1) is 11.2 Å². The fourth-order valence-electron chi connectivity index (χ4n) is 1.45. The first-order valence-electron chi connectivity index (χ1n) is 5.70. The van der Waals surface area contributed by atoms with E-state index in [2.05, 4.69) is 4.98 Å². The molecule has 0 fully saturated rings. The number of rotatable bonds is 5. The molecule has 0 bridgehead atoms. The molecule has 6 heteroatoms. The van der Waals surface area contributed by atoms with Gasteiger partial charge in [-0.1, -0.05) is 12.1 Å². The van der Waals surface area contributed by atoms with Gasteiger partial charge in [-0.2, -0.15) is 5.26 Å². The Morgan fingerprint density at radius 3 is 2.75 bits per heavy atom. The van der Waals surface area contributed by atoms with Crippen molar-refractivity contribution in [3.05, 3.63) is 52.0 Å². The molecule has 0 spiro atoms. The quantitative estimate of drug-likeness (QED) is 0.673. The summed E-state index contributed by atoms with van der Waals surface area (Å²) in [5.74, 6) is -0.0518. The average molecular weight is 285 g/mol. The Kier molecular flexibility index (Phi) is 4.47. The molecule has 1 amide bonds. The molecule has 0 atom stereocenters. The fourth-order valence-corrected chi connectivity index (χ4v) is 1.99. The number of hydrogen-bond donors (Lipinski definition) is 1. The topological polar surface area (TPSA) is 89.0 Å². The van der Waals surface area contributed by atoms with Gasteiger partial charge in [-0.3, -0.25) is 4.79 Å². The Hall–Kier alpha value is -2.65. The third kappa shape index (κ3) is 3.67. The molecular weight excluding hydrogens is 274 g/mol. The predicted octanol–water partition coefficient (Wildman–Crippen LogP) is 2.11. The monoisotopic (exact) mass is 285 g/mol. The summed E-state index contributed by atoms with van der Waals surface area (Å²) in [6.45, 7) is 0.406. The Labute approximate surface area is 119 Å². The summed E-state index contributed by atoms with van der Waals surface area (Å²) in [7, 11) is 0. The molecular formula is C14H11N3O2S. The number of nitriles is 1. The molecule has 0 aliphatic heterocycles. The molecule has 5 nitrogen and oxygen atoms in total. The molecule has 2 N–H and O–H groups in total. The minimum absolute atomic E-state index is 0.0823. The van der Waals surface area contributed by atoms with E-state index in [0.29, 0.717) is 17.9 Å². The first-order chi connectivity index (χ1) is 9.69. The van der Waals surface area contributed by atoms with Crippen LogP contribution in [-0.4, -0.2) is 10.9 Å². The standard InChI is InChI=1S/C14H11N3O2S/c15-6-11(14(16)18)5-10-1-3-13(4-2-10)19-7-12-8-20-9-17-12/h1-5,8-9H,7H2,(H2,16,18)/b11-5+. The van der Waals surface area contributed by atoms with Crippen LogP contribution in [-0.2, 0) is 11.4 Å². The van der Waals surface area contributed by atoms with Gasteiger partial charge in [-0.05, 0) is 23.8 Å². The highest BCUT2D eigenvalue weighted by molar-refractivity contribution is 7.07. The second-order valence-corrected chi connectivity index (χ2v) is 4.59. The Morgan fingerprint density at radius 2 is 2.20 bits per heavy atom. The number of nitrogens with two attached hydrogens (primary N) is 1. The molecule has 2 aromatic rings. The fraction of sp³-hybridized carbons (Fsp3) is 0.0714. The summed E-state index contributed by atoms with van der Waals surface area (Å²) in [5, 5.41) is 10.7. The predicted molar refractivity (Wildman–Crippen MR) is 75.7 cm³/mol.